The molecule has 1 heterocycles. The standard InChI is InChI=1S/C21H24ClN3O3.C6H6/c22-19-13-18(28-12-11-26)5-6-20(19)24-7-9-25(10-8-24)21(15-27)17-3-1-16(14-23)2-4-17;1-2-4-6-5-3-1/h1-6,13,21,26-27H,7-12,15H2;1-6H. The molecule has 0 bridgehead atoms. The highest BCUT2D eigenvalue weighted by molar-refractivity contribution is 6.33. The van der Waals surface area contributed by atoms with E-state index in [2.05, 4.69) is 15.9 Å². The minimum Gasteiger partial charge on any atom is -0.491 e. The van der Waals surface area contributed by atoms with Gasteiger partial charge in [0.25, 0.3) is 0 Å². The highest BCUT2D eigenvalue weighted by Gasteiger charge is 2.25. The second-order valence-electron chi connectivity index (χ2n) is 7.80. The average molecular weight is 480 g/mol. The van der Waals surface area contributed by atoms with E-state index in [-0.39, 0.29) is 25.9 Å². The van der Waals surface area contributed by atoms with E-state index in [1.165, 1.54) is 0 Å². The largest absolute Gasteiger partial charge is 0.491 e. The number of aliphatic hydroxyl groups is 2. The van der Waals surface area contributed by atoms with E-state index < -0.39 is 0 Å². The maximum absolute atomic E-state index is 9.91. The predicted molar refractivity (Wildman–Crippen MR) is 135 cm³/mol. The van der Waals surface area contributed by atoms with Gasteiger partial charge in [0.05, 0.1) is 41.6 Å². The molecular formula is C27H30ClN3O3. The summed E-state index contributed by atoms with van der Waals surface area (Å²) < 4.78 is 5.40. The summed E-state index contributed by atoms with van der Waals surface area (Å²) in [5.41, 5.74) is 2.58. The summed E-state index contributed by atoms with van der Waals surface area (Å²) in [5.74, 6) is 0.641. The summed E-state index contributed by atoms with van der Waals surface area (Å²) >= 11 is 6.43. The fourth-order valence-electron chi connectivity index (χ4n) is 3.87. The van der Waals surface area contributed by atoms with Gasteiger partial charge in [-0.2, -0.15) is 5.26 Å². The molecule has 3 aromatic rings. The number of ether oxygens (including phenoxy) is 1. The Balaban J connectivity index is 0.000000469. The number of aliphatic hydroxyl groups excluding tert-OH is 2. The number of hydrogen-bond donors (Lipinski definition) is 2. The first-order chi connectivity index (χ1) is 16.7. The van der Waals surface area contributed by atoms with Gasteiger partial charge in [-0.3, -0.25) is 4.90 Å². The van der Waals surface area contributed by atoms with Crippen molar-refractivity contribution in [3.05, 3.63) is 95.0 Å². The number of piperazine rings is 1. The second-order valence-corrected chi connectivity index (χ2v) is 8.20. The maximum atomic E-state index is 9.91. The van der Waals surface area contributed by atoms with Crippen LogP contribution in [0, 0.1) is 11.3 Å². The molecule has 1 fully saturated rings. The highest BCUT2D eigenvalue weighted by Crippen LogP contribution is 2.31. The number of hydrogen-bond acceptors (Lipinski definition) is 6. The molecule has 0 aromatic heterocycles. The molecule has 178 valence electrons. The quantitative estimate of drug-likeness (QED) is 0.530. The van der Waals surface area contributed by atoms with Crippen molar-refractivity contribution in [2.75, 3.05) is 50.9 Å². The van der Waals surface area contributed by atoms with Crippen LogP contribution in [0.4, 0.5) is 5.69 Å². The van der Waals surface area contributed by atoms with Crippen molar-refractivity contribution in [1.29, 1.82) is 5.26 Å². The van der Waals surface area contributed by atoms with Crippen molar-refractivity contribution in [3.63, 3.8) is 0 Å². The molecule has 0 aliphatic carbocycles. The van der Waals surface area contributed by atoms with E-state index in [1.807, 2.05) is 60.7 Å². The van der Waals surface area contributed by atoms with Crippen molar-refractivity contribution in [2.24, 2.45) is 0 Å². The van der Waals surface area contributed by atoms with Crippen molar-refractivity contribution < 1.29 is 14.9 Å². The minimum atomic E-state index is -0.0837. The van der Waals surface area contributed by atoms with Gasteiger partial charge in [-0.05, 0) is 29.8 Å². The average Bonchev–Trinajstić information content (AvgIpc) is 2.90. The SMILES string of the molecule is N#Cc1ccc(C(CO)N2CCN(c3ccc(OCCO)cc3Cl)CC2)cc1.c1ccccc1. The number of halogens is 1. The summed E-state index contributed by atoms with van der Waals surface area (Å²) in [6.45, 7) is 3.42. The number of nitrogens with zero attached hydrogens (tertiary/aromatic N) is 3. The summed E-state index contributed by atoms with van der Waals surface area (Å²) in [6, 6.07) is 27.0. The van der Waals surface area contributed by atoms with Gasteiger partial charge in [0.1, 0.15) is 12.4 Å². The summed E-state index contributed by atoms with van der Waals surface area (Å²) in [5, 5.41) is 28.3. The lowest BCUT2D eigenvalue weighted by molar-refractivity contribution is 0.117. The third kappa shape index (κ3) is 7.21. The zero-order chi connectivity index (χ0) is 24.2. The summed E-state index contributed by atoms with van der Waals surface area (Å²) in [4.78, 5) is 4.48. The minimum absolute atomic E-state index is 0.0313. The second kappa shape index (κ2) is 13.6. The van der Waals surface area contributed by atoms with E-state index in [9.17, 15) is 5.11 Å². The summed E-state index contributed by atoms with van der Waals surface area (Å²) in [6.07, 6.45) is 0. The fraction of sp³-hybridized carbons (Fsp3) is 0.296. The van der Waals surface area contributed by atoms with E-state index in [0.717, 1.165) is 37.4 Å². The molecule has 0 radical (unpaired) electrons. The lowest BCUT2D eigenvalue weighted by atomic mass is 10.0. The fourth-order valence-corrected chi connectivity index (χ4v) is 4.16. The van der Waals surface area contributed by atoms with Gasteiger partial charge in [0.2, 0.25) is 0 Å². The lowest BCUT2D eigenvalue weighted by Gasteiger charge is -2.40. The molecule has 3 aromatic carbocycles. The zero-order valence-electron chi connectivity index (χ0n) is 19.1. The molecule has 0 saturated carbocycles. The van der Waals surface area contributed by atoms with Crippen molar-refractivity contribution in [3.8, 4) is 11.8 Å². The summed E-state index contributed by atoms with van der Waals surface area (Å²) in [7, 11) is 0. The topological polar surface area (TPSA) is 80.0 Å². The molecule has 1 unspecified atom stereocenters. The Bertz CT molecular complexity index is 1010. The van der Waals surface area contributed by atoms with E-state index in [0.29, 0.717) is 16.3 Å². The van der Waals surface area contributed by atoms with Crippen molar-refractivity contribution in [2.45, 2.75) is 6.04 Å². The number of benzene rings is 3. The molecule has 0 spiro atoms. The van der Waals surface area contributed by atoms with Gasteiger partial charge >= 0.3 is 0 Å². The number of rotatable bonds is 7. The third-order valence-electron chi connectivity index (χ3n) is 5.64. The molecule has 1 aliphatic rings. The van der Waals surface area contributed by atoms with E-state index in [4.69, 9.17) is 26.7 Å². The Morgan fingerprint density at radius 3 is 2.03 bits per heavy atom. The van der Waals surface area contributed by atoms with Crippen LogP contribution >= 0.6 is 11.6 Å². The molecule has 34 heavy (non-hydrogen) atoms. The van der Waals surface area contributed by atoms with Crippen molar-refractivity contribution in [1.82, 2.24) is 4.90 Å². The first kappa shape index (κ1) is 25.5. The van der Waals surface area contributed by atoms with Gasteiger partial charge in [0.15, 0.2) is 0 Å². The van der Waals surface area contributed by atoms with Gasteiger partial charge in [-0.15, -0.1) is 0 Å². The molecule has 1 saturated heterocycles. The Morgan fingerprint density at radius 1 is 0.912 bits per heavy atom. The molecule has 4 rings (SSSR count). The zero-order valence-corrected chi connectivity index (χ0v) is 19.8. The molecule has 1 aliphatic heterocycles. The molecule has 6 nitrogen and oxygen atoms in total. The monoisotopic (exact) mass is 479 g/mol. The molecule has 0 amide bonds. The van der Waals surface area contributed by atoms with Crippen LogP contribution in [-0.2, 0) is 0 Å². The van der Waals surface area contributed by atoms with Crippen LogP contribution in [-0.4, -0.2) is 61.1 Å². The van der Waals surface area contributed by atoms with Crippen LogP contribution in [0.25, 0.3) is 0 Å². The molecule has 2 N–H and O–H groups in total. The normalized spacial score (nSPS) is 14.5. The van der Waals surface area contributed by atoms with E-state index >= 15 is 0 Å². The van der Waals surface area contributed by atoms with Gasteiger partial charge in [-0.25, -0.2) is 0 Å². The van der Waals surface area contributed by atoms with Gasteiger partial charge in [-0.1, -0.05) is 60.1 Å². The van der Waals surface area contributed by atoms with E-state index in [1.54, 1.807) is 18.2 Å². The highest BCUT2D eigenvalue weighted by atomic mass is 35.5. The Morgan fingerprint density at radius 2 is 1.53 bits per heavy atom. The lowest BCUT2D eigenvalue weighted by Crippen LogP contribution is -2.48. The van der Waals surface area contributed by atoms with Crippen molar-refractivity contribution >= 4 is 17.3 Å². The van der Waals surface area contributed by atoms with Crippen LogP contribution in [0.2, 0.25) is 5.02 Å². The van der Waals surface area contributed by atoms with Crippen LogP contribution < -0.4 is 9.64 Å². The molecule has 7 heteroatoms. The first-order valence-corrected chi connectivity index (χ1v) is 11.7. The van der Waals surface area contributed by atoms with Crippen LogP contribution in [0.5, 0.6) is 5.75 Å². The Hall–Kier alpha value is -3.08. The number of nitriles is 1. The smallest absolute Gasteiger partial charge is 0.121 e. The molecular weight excluding hydrogens is 450 g/mol. The molecule has 1 atom stereocenters. The van der Waals surface area contributed by atoms with Crippen LogP contribution in [0.15, 0.2) is 78.9 Å². The first-order valence-electron chi connectivity index (χ1n) is 11.3. The van der Waals surface area contributed by atoms with Gasteiger partial charge < -0.3 is 19.8 Å². The van der Waals surface area contributed by atoms with Crippen LogP contribution in [0.1, 0.15) is 17.2 Å². The van der Waals surface area contributed by atoms with Gasteiger partial charge in [0, 0.05) is 32.2 Å². The maximum Gasteiger partial charge on any atom is 0.121 e. The predicted octanol–water partition coefficient (Wildman–Crippen LogP) is 4.12. The third-order valence-corrected chi connectivity index (χ3v) is 5.94. The van der Waals surface area contributed by atoms with Crippen LogP contribution in [0.3, 0.4) is 0 Å². The number of anilines is 1. The Kier molecular flexibility index (Phi) is 10.2. The Labute approximate surface area is 206 Å².